The lowest BCUT2D eigenvalue weighted by atomic mass is 10.3. The van der Waals surface area contributed by atoms with Crippen LogP contribution >= 0.6 is 15.9 Å². The van der Waals surface area contributed by atoms with Gasteiger partial charge in [-0.2, -0.15) is 0 Å². The molecule has 4 aromatic carbocycles. The summed E-state index contributed by atoms with van der Waals surface area (Å²) in [6.45, 7) is 10.3. The van der Waals surface area contributed by atoms with Gasteiger partial charge in [0.1, 0.15) is 34.9 Å². The number of carbonyl (C=O) groups is 3. The summed E-state index contributed by atoms with van der Waals surface area (Å²) >= 11 is 2.94. The zero-order chi connectivity index (χ0) is 45.7. The van der Waals surface area contributed by atoms with Crippen LogP contribution < -0.4 is 25.7 Å². The van der Waals surface area contributed by atoms with Gasteiger partial charge in [0.15, 0.2) is 13.2 Å². The van der Waals surface area contributed by atoms with E-state index in [2.05, 4.69) is 25.4 Å². The van der Waals surface area contributed by atoms with Gasteiger partial charge >= 0.3 is 17.9 Å². The molecule has 0 spiro atoms. The van der Waals surface area contributed by atoms with E-state index in [1.807, 2.05) is 19.9 Å². The molecular weight excluding hydrogens is 879 g/mol. The van der Waals surface area contributed by atoms with E-state index in [-0.39, 0.29) is 77.1 Å². The van der Waals surface area contributed by atoms with Crippen molar-refractivity contribution in [3.63, 3.8) is 0 Å². The van der Waals surface area contributed by atoms with Crippen molar-refractivity contribution in [3.8, 4) is 23.0 Å². The summed E-state index contributed by atoms with van der Waals surface area (Å²) in [6.07, 6.45) is 0. The number of alkyl halides is 1. The number of nitro benzene ring substituents is 2. The van der Waals surface area contributed by atoms with E-state index in [0.29, 0.717) is 48.0 Å². The Morgan fingerprint density at radius 1 is 0.629 bits per heavy atom. The van der Waals surface area contributed by atoms with Crippen LogP contribution in [-0.2, 0) is 28.6 Å². The van der Waals surface area contributed by atoms with Crippen LogP contribution in [0.5, 0.6) is 23.0 Å². The second kappa shape index (κ2) is 39.8. The first kappa shape index (κ1) is 62.1. The maximum absolute atomic E-state index is 11.0. The average molecular weight is 937 g/mol. The molecule has 0 bridgehead atoms. The smallest absolute Gasteiger partial charge is 0.344 e. The van der Waals surface area contributed by atoms with Crippen LogP contribution in [0.3, 0.4) is 0 Å². The van der Waals surface area contributed by atoms with Crippen LogP contribution in [0.25, 0.3) is 0 Å². The summed E-state index contributed by atoms with van der Waals surface area (Å²) in [4.78, 5) is 51.4. The fourth-order valence-corrected chi connectivity index (χ4v) is 3.72. The number of nitrogens with zero attached hydrogens (tertiary/aromatic N) is 2. The molecule has 0 aliphatic carbocycles. The molecule has 0 saturated heterocycles. The fourth-order valence-electron chi connectivity index (χ4n) is 3.56. The summed E-state index contributed by atoms with van der Waals surface area (Å²) in [6, 6.07) is 24.8. The Morgan fingerprint density at radius 2 is 1.00 bits per heavy atom. The van der Waals surface area contributed by atoms with Crippen LogP contribution in [0.15, 0.2) is 97.1 Å². The molecule has 0 aliphatic rings. The van der Waals surface area contributed by atoms with Gasteiger partial charge in [0.25, 0.3) is 11.4 Å². The molecule has 0 amide bonds. The first-order valence-corrected chi connectivity index (χ1v) is 19.2. The quantitative estimate of drug-likeness (QED) is 0.0179. The van der Waals surface area contributed by atoms with Gasteiger partial charge < -0.3 is 50.1 Å². The standard InChI is InChI=1S/C10H11NO5.C10H13NO3.C8H11NO2.C6H5NO3.C4H7BrO2.C2H6.CH4.B/c1-2-15-10(12)7-16-9-5-3-4-8(6-9)11(13)14;1-2-13-10(12)7-14-9-5-3-4-8(11)6-9;9-7-2-1-3-8(6-7)11-5-4-10;8-6-3-1-2-5(4-6)7(9)10;1-2-7-4(6)3-5;1-2;;/h3-6H,2,7H2,1H3;3-6H,2,7,11H2,1H3;1-3,6,10H,4-5,9H2;1-4,8H;2-3H2,1H3;1-2H3;1H4;. The van der Waals surface area contributed by atoms with Crippen LogP contribution in [0.2, 0.25) is 0 Å². The Labute approximate surface area is 372 Å². The van der Waals surface area contributed by atoms with Gasteiger partial charge in [-0.25, -0.2) is 9.59 Å². The summed E-state index contributed by atoms with van der Waals surface area (Å²) < 4.78 is 29.1. The summed E-state index contributed by atoms with van der Waals surface area (Å²) in [7, 11) is 0. The number of nitrogen functional groups attached to an aromatic ring is 2. The number of aromatic hydroxyl groups is 1. The SMILES string of the molecule is C.CC.CCOC(=O)CBr.CCOC(=O)COc1cccc(N)c1.CCOC(=O)COc1cccc([N+](=O)[O-])c1.Nc1cccc(OCCO)c1.O=[N+]([O-])c1cccc(O)c1.[B]. The third-order valence-corrected chi connectivity index (χ3v) is 6.34. The van der Waals surface area contributed by atoms with Crippen molar-refractivity contribution >= 4 is 65.0 Å². The Morgan fingerprint density at radius 3 is 1.34 bits per heavy atom. The molecule has 341 valence electrons. The number of anilines is 2. The third kappa shape index (κ3) is 33.3. The van der Waals surface area contributed by atoms with E-state index in [1.54, 1.807) is 63.2 Å². The number of non-ortho nitro benzene ring substituents is 2. The van der Waals surface area contributed by atoms with Crippen LogP contribution in [0.4, 0.5) is 22.7 Å². The highest BCUT2D eigenvalue weighted by atomic mass is 79.9. The van der Waals surface area contributed by atoms with Gasteiger partial charge in [0.05, 0.1) is 48.4 Å². The van der Waals surface area contributed by atoms with Gasteiger partial charge in [-0.15, -0.1) is 0 Å². The Bertz CT molecular complexity index is 1840. The van der Waals surface area contributed by atoms with Crippen LogP contribution in [-0.4, -0.2) is 98.0 Å². The lowest BCUT2D eigenvalue weighted by Gasteiger charge is -2.05. The molecule has 4 rings (SSSR count). The number of benzene rings is 4. The maximum Gasteiger partial charge on any atom is 0.344 e. The van der Waals surface area contributed by atoms with Crippen molar-refractivity contribution in [2.24, 2.45) is 0 Å². The molecule has 0 fully saturated rings. The number of aliphatic hydroxyl groups is 1. The van der Waals surface area contributed by atoms with Gasteiger partial charge in [-0.05, 0) is 57.2 Å². The average Bonchev–Trinajstić information content (AvgIpc) is 3.23. The molecule has 0 saturated carbocycles. The number of phenolic OH excluding ortho intramolecular Hbond substituents is 1. The Hall–Kier alpha value is -6.61. The number of hydrogen-bond acceptors (Lipinski definition) is 17. The molecule has 3 radical (unpaired) electrons. The second-order valence-electron chi connectivity index (χ2n) is 10.4. The van der Waals surface area contributed by atoms with Gasteiger partial charge in [0.2, 0.25) is 0 Å². The monoisotopic (exact) mass is 935 g/mol. The fraction of sp³-hybridized carbons (Fsp3) is 0.341. The molecular formula is C41H57BBrN4O15. The zero-order valence-corrected chi connectivity index (χ0v) is 36.2. The number of nitro groups is 2. The zero-order valence-electron chi connectivity index (χ0n) is 34.6. The van der Waals surface area contributed by atoms with E-state index < -0.39 is 15.8 Å². The van der Waals surface area contributed by atoms with Gasteiger partial charge in [-0.1, -0.05) is 61.5 Å². The van der Waals surface area contributed by atoms with Crippen molar-refractivity contribution in [1.29, 1.82) is 0 Å². The number of halogens is 1. The number of ether oxygens (including phenoxy) is 6. The van der Waals surface area contributed by atoms with E-state index in [4.69, 9.17) is 40.6 Å². The molecule has 0 heterocycles. The largest absolute Gasteiger partial charge is 0.508 e. The molecule has 0 atom stereocenters. The van der Waals surface area contributed by atoms with Crippen LogP contribution in [0.1, 0.15) is 42.0 Å². The minimum absolute atomic E-state index is 0. The molecule has 0 aliphatic heterocycles. The van der Waals surface area contributed by atoms with Crippen molar-refractivity contribution in [3.05, 3.63) is 117 Å². The topological polar surface area (TPSA) is 285 Å². The predicted molar refractivity (Wildman–Crippen MR) is 241 cm³/mol. The third-order valence-electron chi connectivity index (χ3n) is 5.88. The molecule has 0 unspecified atom stereocenters. The Balaban J connectivity index is -0.000000340. The lowest BCUT2D eigenvalue weighted by molar-refractivity contribution is -0.385. The molecule has 6 N–H and O–H groups in total. The van der Waals surface area contributed by atoms with Crippen molar-refractivity contribution in [2.45, 2.75) is 42.0 Å². The van der Waals surface area contributed by atoms with E-state index in [1.165, 1.54) is 42.5 Å². The van der Waals surface area contributed by atoms with E-state index >= 15 is 0 Å². The number of carbonyl (C=O) groups excluding carboxylic acids is 3. The number of esters is 3. The number of phenols is 1. The Kier molecular flexibility index (Phi) is 39.9. The maximum atomic E-state index is 11.0. The number of rotatable bonds is 15. The van der Waals surface area contributed by atoms with E-state index in [0.717, 1.165) is 6.07 Å². The van der Waals surface area contributed by atoms with Crippen molar-refractivity contribution < 1.29 is 62.9 Å². The summed E-state index contributed by atoms with van der Waals surface area (Å²) in [5.74, 6) is 0.347. The minimum atomic E-state index is -0.556. The number of nitrogens with two attached hydrogens (primary N) is 2. The highest BCUT2D eigenvalue weighted by Crippen LogP contribution is 2.19. The van der Waals surface area contributed by atoms with Crippen molar-refractivity contribution in [2.75, 3.05) is 63.0 Å². The molecule has 21 heteroatoms. The van der Waals surface area contributed by atoms with Gasteiger partial charge in [-0.3, -0.25) is 25.0 Å². The minimum Gasteiger partial charge on any atom is -0.508 e. The first-order chi connectivity index (χ1) is 28.7. The number of aliphatic hydroxyl groups excluding tert-OH is 1. The van der Waals surface area contributed by atoms with Crippen LogP contribution in [0, 0.1) is 20.2 Å². The molecule has 62 heavy (non-hydrogen) atoms. The van der Waals surface area contributed by atoms with Gasteiger partial charge in [0, 0.05) is 44.1 Å². The van der Waals surface area contributed by atoms with E-state index in [9.17, 15) is 34.6 Å². The predicted octanol–water partition coefficient (Wildman–Crippen LogP) is 6.91. The molecule has 19 nitrogen and oxygen atoms in total. The highest BCUT2D eigenvalue weighted by molar-refractivity contribution is 9.09. The molecule has 0 aromatic heterocycles. The molecule has 4 aromatic rings. The highest BCUT2D eigenvalue weighted by Gasteiger charge is 2.08. The summed E-state index contributed by atoms with van der Waals surface area (Å²) in [5, 5.41) is 38.0. The lowest BCUT2D eigenvalue weighted by Crippen LogP contribution is -2.14. The van der Waals surface area contributed by atoms with Crippen molar-refractivity contribution in [1.82, 2.24) is 0 Å². The summed E-state index contributed by atoms with van der Waals surface area (Å²) in [5.41, 5.74) is 12.1. The first-order valence-electron chi connectivity index (χ1n) is 18.1. The number of hydrogen-bond donors (Lipinski definition) is 4. The normalized spacial score (nSPS) is 8.82. The second-order valence-corrected chi connectivity index (χ2v) is 10.9.